The number of nitrogens with zero attached hydrogens (tertiary/aromatic N) is 4. The van der Waals surface area contributed by atoms with Gasteiger partial charge in [0.1, 0.15) is 6.54 Å². The molecule has 0 saturated carbocycles. The van der Waals surface area contributed by atoms with Gasteiger partial charge in [0.15, 0.2) is 12.1 Å². The first-order valence-corrected chi connectivity index (χ1v) is 8.92. The number of hydrogen-bond acceptors (Lipinski definition) is 6. The van der Waals surface area contributed by atoms with E-state index in [-0.39, 0.29) is 12.5 Å². The van der Waals surface area contributed by atoms with Crippen LogP contribution in [0.3, 0.4) is 0 Å². The smallest absolute Gasteiger partial charge is 0.263 e. The number of nitrogens with one attached hydrogen (secondary N) is 1. The van der Waals surface area contributed by atoms with E-state index in [1.165, 1.54) is 5.01 Å². The van der Waals surface area contributed by atoms with E-state index in [1.807, 2.05) is 44.2 Å². The van der Waals surface area contributed by atoms with Crippen molar-refractivity contribution >= 4 is 29.1 Å². The molecular formula is C20H19N5O3. The van der Waals surface area contributed by atoms with Gasteiger partial charge in [0.25, 0.3) is 11.8 Å². The maximum atomic E-state index is 12.9. The summed E-state index contributed by atoms with van der Waals surface area (Å²) in [5.41, 5.74) is 3.20. The van der Waals surface area contributed by atoms with Crippen LogP contribution in [0.5, 0.6) is 0 Å². The molecule has 0 aliphatic carbocycles. The molecule has 2 unspecified atom stereocenters. The minimum absolute atomic E-state index is 0.167. The normalized spacial score (nSPS) is 20.6. The molecule has 0 spiro atoms. The van der Waals surface area contributed by atoms with Crippen LogP contribution in [0, 0.1) is 13.8 Å². The number of carbonyl (C=O) groups excluding carboxylic acids is 3. The Balaban J connectivity index is 1.48. The molecule has 2 heterocycles. The number of benzene rings is 2. The Labute approximate surface area is 161 Å². The predicted molar refractivity (Wildman–Crippen MR) is 103 cm³/mol. The van der Waals surface area contributed by atoms with Crippen LogP contribution in [0.15, 0.2) is 58.9 Å². The average molecular weight is 377 g/mol. The lowest BCUT2D eigenvalue weighted by atomic mass is 10.1. The molecule has 2 aliphatic heterocycles. The zero-order chi connectivity index (χ0) is 19.8. The number of amides is 3. The molecule has 28 heavy (non-hydrogen) atoms. The van der Waals surface area contributed by atoms with Crippen LogP contribution in [-0.4, -0.2) is 41.4 Å². The van der Waals surface area contributed by atoms with Gasteiger partial charge >= 0.3 is 0 Å². The van der Waals surface area contributed by atoms with Crippen molar-refractivity contribution in [2.45, 2.75) is 25.9 Å². The third-order valence-electron chi connectivity index (χ3n) is 4.76. The first-order chi connectivity index (χ1) is 13.4. The van der Waals surface area contributed by atoms with Crippen LogP contribution in [0.4, 0.5) is 11.4 Å². The van der Waals surface area contributed by atoms with Crippen molar-refractivity contribution in [2.24, 2.45) is 10.3 Å². The van der Waals surface area contributed by atoms with E-state index in [9.17, 15) is 14.4 Å². The van der Waals surface area contributed by atoms with Gasteiger partial charge in [-0.25, -0.2) is 4.90 Å². The van der Waals surface area contributed by atoms with Crippen LogP contribution < -0.4 is 10.2 Å². The lowest BCUT2D eigenvalue weighted by Gasteiger charge is -2.20. The molecule has 2 aliphatic rings. The van der Waals surface area contributed by atoms with Crippen LogP contribution in [0.1, 0.15) is 11.1 Å². The SMILES string of the molecule is Cc1ccc(N2C(=O)C3N=NN(CC(=O)Nc4cccc(C)c4)C3C2=O)cc1. The summed E-state index contributed by atoms with van der Waals surface area (Å²) < 4.78 is 0. The molecule has 2 atom stereocenters. The Morgan fingerprint density at radius 1 is 1.04 bits per heavy atom. The Morgan fingerprint density at radius 3 is 2.50 bits per heavy atom. The van der Waals surface area contributed by atoms with Crippen molar-refractivity contribution in [1.82, 2.24) is 5.01 Å². The highest BCUT2D eigenvalue weighted by Crippen LogP contribution is 2.31. The second-order valence-electron chi connectivity index (χ2n) is 6.96. The summed E-state index contributed by atoms with van der Waals surface area (Å²) in [6.45, 7) is 3.69. The summed E-state index contributed by atoms with van der Waals surface area (Å²) in [7, 11) is 0. The second kappa shape index (κ2) is 6.88. The summed E-state index contributed by atoms with van der Waals surface area (Å²) in [5, 5.41) is 11.9. The van der Waals surface area contributed by atoms with Crippen LogP contribution in [0.25, 0.3) is 0 Å². The quantitative estimate of drug-likeness (QED) is 0.827. The molecule has 142 valence electrons. The van der Waals surface area contributed by atoms with Crippen molar-refractivity contribution in [3.8, 4) is 0 Å². The number of rotatable bonds is 4. The van der Waals surface area contributed by atoms with E-state index in [1.54, 1.807) is 18.2 Å². The van der Waals surface area contributed by atoms with Crippen LogP contribution in [0.2, 0.25) is 0 Å². The highest BCUT2D eigenvalue weighted by atomic mass is 16.2. The lowest BCUT2D eigenvalue weighted by molar-refractivity contribution is -0.123. The van der Waals surface area contributed by atoms with Gasteiger partial charge in [0, 0.05) is 5.69 Å². The molecule has 2 aromatic rings. The number of anilines is 2. The van der Waals surface area contributed by atoms with Gasteiger partial charge in [-0.3, -0.25) is 19.4 Å². The molecule has 1 N–H and O–H groups in total. The third-order valence-corrected chi connectivity index (χ3v) is 4.76. The summed E-state index contributed by atoms with van der Waals surface area (Å²) in [4.78, 5) is 39.1. The van der Waals surface area contributed by atoms with Gasteiger partial charge in [-0.05, 0) is 43.7 Å². The van der Waals surface area contributed by atoms with Crippen molar-refractivity contribution in [1.29, 1.82) is 0 Å². The van der Waals surface area contributed by atoms with Gasteiger partial charge in [0.2, 0.25) is 5.91 Å². The number of imide groups is 1. The monoisotopic (exact) mass is 377 g/mol. The van der Waals surface area contributed by atoms with E-state index >= 15 is 0 Å². The maximum Gasteiger partial charge on any atom is 0.263 e. The highest BCUT2D eigenvalue weighted by molar-refractivity contribution is 6.25. The summed E-state index contributed by atoms with van der Waals surface area (Å²) in [6, 6.07) is 12.7. The number of carbonyl (C=O) groups is 3. The molecule has 8 nitrogen and oxygen atoms in total. The summed E-state index contributed by atoms with van der Waals surface area (Å²) in [6.07, 6.45) is 0. The van der Waals surface area contributed by atoms with Gasteiger partial charge in [-0.1, -0.05) is 35.1 Å². The van der Waals surface area contributed by atoms with Gasteiger partial charge in [0.05, 0.1) is 5.69 Å². The van der Waals surface area contributed by atoms with E-state index < -0.39 is 23.9 Å². The molecule has 3 amide bonds. The fourth-order valence-corrected chi connectivity index (χ4v) is 3.37. The zero-order valence-electron chi connectivity index (χ0n) is 15.5. The molecule has 0 bridgehead atoms. The minimum atomic E-state index is -0.916. The van der Waals surface area contributed by atoms with Crippen LogP contribution >= 0.6 is 0 Å². The van der Waals surface area contributed by atoms with Gasteiger partial charge in [-0.2, -0.15) is 5.11 Å². The molecule has 4 rings (SSSR count). The molecule has 1 saturated heterocycles. The van der Waals surface area contributed by atoms with E-state index in [0.717, 1.165) is 16.0 Å². The van der Waals surface area contributed by atoms with Crippen molar-refractivity contribution < 1.29 is 14.4 Å². The van der Waals surface area contributed by atoms with Crippen molar-refractivity contribution in [3.05, 3.63) is 59.7 Å². The minimum Gasteiger partial charge on any atom is -0.324 e. The highest BCUT2D eigenvalue weighted by Gasteiger charge is 2.55. The maximum absolute atomic E-state index is 12.9. The largest absolute Gasteiger partial charge is 0.324 e. The van der Waals surface area contributed by atoms with Crippen LogP contribution in [-0.2, 0) is 14.4 Å². The molecule has 1 fully saturated rings. The molecule has 0 radical (unpaired) electrons. The van der Waals surface area contributed by atoms with Crippen molar-refractivity contribution in [3.63, 3.8) is 0 Å². The fourth-order valence-electron chi connectivity index (χ4n) is 3.37. The molecule has 2 aromatic carbocycles. The summed E-state index contributed by atoms with van der Waals surface area (Å²) >= 11 is 0. The van der Waals surface area contributed by atoms with Crippen molar-refractivity contribution in [2.75, 3.05) is 16.8 Å². The topological polar surface area (TPSA) is 94.4 Å². The molecule has 8 heteroatoms. The number of hydrogen-bond donors (Lipinski definition) is 1. The fraction of sp³-hybridized carbons (Fsp3) is 0.250. The Kier molecular flexibility index (Phi) is 4.38. The number of fused-ring (bicyclic) bond motifs is 1. The van der Waals surface area contributed by atoms with E-state index in [4.69, 9.17) is 0 Å². The van der Waals surface area contributed by atoms with E-state index in [0.29, 0.717) is 11.4 Å². The Hall–Kier alpha value is -3.55. The zero-order valence-corrected chi connectivity index (χ0v) is 15.5. The Morgan fingerprint density at radius 2 is 1.79 bits per heavy atom. The molecular weight excluding hydrogens is 358 g/mol. The van der Waals surface area contributed by atoms with E-state index in [2.05, 4.69) is 15.7 Å². The average Bonchev–Trinajstić information content (AvgIpc) is 3.16. The predicted octanol–water partition coefficient (Wildman–Crippen LogP) is 2.24. The Bertz CT molecular complexity index is 986. The second-order valence-corrected chi connectivity index (χ2v) is 6.96. The standard InChI is InChI=1S/C20H19N5O3/c1-12-6-8-15(9-7-12)25-19(27)17-18(20(25)28)24(23-22-17)11-16(26)21-14-5-3-4-13(2)10-14/h3-10,17-18H,11H2,1-2H3,(H,21,26). The first kappa shape index (κ1) is 17.8. The first-order valence-electron chi connectivity index (χ1n) is 8.92. The third kappa shape index (κ3) is 3.13. The lowest BCUT2D eigenvalue weighted by Crippen LogP contribution is -2.43. The number of aryl methyl sites for hydroxylation is 2. The van der Waals surface area contributed by atoms with Gasteiger partial charge < -0.3 is 5.32 Å². The summed E-state index contributed by atoms with van der Waals surface area (Å²) in [5.74, 6) is -1.18. The van der Waals surface area contributed by atoms with Gasteiger partial charge in [-0.15, -0.1) is 0 Å². The molecule has 0 aromatic heterocycles.